The first-order chi connectivity index (χ1) is 16.5. The minimum Gasteiger partial charge on any atom is -0.493 e. The summed E-state index contributed by atoms with van der Waals surface area (Å²) in [5, 5.41) is 3.10. The SMILES string of the molecule is O=[PH](O)OCCCNCc1cc(-c2ccco2)c(OCCCCCc2ccccc2F)cc1F. The number of halogens is 2. The van der Waals surface area contributed by atoms with Crippen molar-refractivity contribution in [3.05, 3.63) is 77.6 Å². The van der Waals surface area contributed by atoms with Crippen molar-refractivity contribution in [2.45, 2.75) is 38.6 Å². The molecule has 1 unspecified atom stereocenters. The number of furan rings is 1. The highest BCUT2D eigenvalue weighted by Crippen LogP contribution is 2.33. The Kier molecular flexibility index (Phi) is 10.8. The van der Waals surface area contributed by atoms with Crippen LogP contribution in [0, 0.1) is 11.6 Å². The third-order valence-electron chi connectivity index (χ3n) is 5.28. The largest absolute Gasteiger partial charge is 0.493 e. The highest BCUT2D eigenvalue weighted by molar-refractivity contribution is 7.32. The maximum Gasteiger partial charge on any atom is 0.316 e. The Morgan fingerprint density at radius 3 is 2.56 bits per heavy atom. The van der Waals surface area contributed by atoms with Crippen molar-refractivity contribution in [1.29, 1.82) is 0 Å². The molecular weight excluding hydrogens is 463 g/mol. The van der Waals surface area contributed by atoms with Gasteiger partial charge in [-0.05, 0) is 68.5 Å². The van der Waals surface area contributed by atoms with Crippen LogP contribution >= 0.6 is 8.25 Å². The summed E-state index contributed by atoms with van der Waals surface area (Å²) in [6, 6.07) is 13.4. The fourth-order valence-corrected chi connectivity index (χ4v) is 3.86. The molecule has 0 spiro atoms. The smallest absolute Gasteiger partial charge is 0.316 e. The molecule has 1 aromatic heterocycles. The quantitative estimate of drug-likeness (QED) is 0.203. The number of benzene rings is 2. The van der Waals surface area contributed by atoms with Gasteiger partial charge in [-0.2, -0.15) is 0 Å². The van der Waals surface area contributed by atoms with E-state index in [1.807, 2.05) is 6.07 Å². The normalized spacial score (nSPS) is 12.1. The lowest BCUT2D eigenvalue weighted by Gasteiger charge is -2.14. The first-order valence-corrected chi connectivity index (χ1v) is 12.6. The van der Waals surface area contributed by atoms with Crippen molar-refractivity contribution in [1.82, 2.24) is 5.32 Å². The second-order valence-electron chi connectivity index (χ2n) is 7.81. The van der Waals surface area contributed by atoms with Gasteiger partial charge in [-0.25, -0.2) is 8.78 Å². The van der Waals surface area contributed by atoms with E-state index in [4.69, 9.17) is 14.0 Å². The van der Waals surface area contributed by atoms with Crippen LogP contribution in [0.15, 0.2) is 59.2 Å². The number of hydrogen-bond donors (Lipinski definition) is 2. The van der Waals surface area contributed by atoms with Gasteiger partial charge in [0.25, 0.3) is 0 Å². The van der Waals surface area contributed by atoms with Crippen LogP contribution in [0.3, 0.4) is 0 Å². The van der Waals surface area contributed by atoms with Gasteiger partial charge in [-0.3, -0.25) is 4.57 Å². The Labute approximate surface area is 198 Å². The zero-order valence-corrected chi connectivity index (χ0v) is 19.9. The maximum absolute atomic E-state index is 14.7. The predicted octanol–water partition coefficient (Wildman–Crippen LogP) is 5.89. The minimum absolute atomic E-state index is 0.161. The van der Waals surface area contributed by atoms with E-state index in [1.54, 1.807) is 36.6 Å². The highest BCUT2D eigenvalue weighted by atomic mass is 31.1. The summed E-state index contributed by atoms with van der Waals surface area (Å²) in [7, 11) is -2.92. The fraction of sp³-hybridized carbons (Fsp3) is 0.360. The van der Waals surface area contributed by atoms with Crippen molar-refractivity contribution in [3.63, 3.8) is 0 Å². The van der Waals surface area contributed by atoms with Crippen molar-refractivity contribution in [2.24, 2.45) is 0 Å². The van der Waals surface area contributed by atoms with Crippen molar-refractivity contribution in [2.75, 3.05) is 19.8 Å². The van der Waals surface area contributed by atoms with Gasteiger partial charge in [0.2, 0.25) is 0 Å². The molecule has 0 amide bonds. The molecule has 0 fully saturated rings. The molecule has 0 aliphatic rings. The number of aryl methyl sites for hydroxylation is 1. The molecule has 1 atom stereocenters. The molecular formula is C25H30F2NO5P. The van der Waals surface area contributed by atoms with E-state index in [-0.39, 0.29) is 19.0 Å². The van der Waals surface area contributed by atoms with E-state index >= 15 is 0 Å². The van der Waals surface area contributed by atoms with Crippen LogP contribution in [0.4, 0.5) is 8.78 Å². The van der Waals surface area contributed by atoms with Gasteiger partial charge in [0, 0.05) is 18.2 Å². The standard InChI is InChI=1S/C25H30F2NO5P/c26-22-10-4-3-9-19(22)8-2-1-5-13-32-25-17-23(27)20(16-21(25)24-11-6-14-31-24)18-28-12-7-15-33-34(29)30/h3-4,6,9-11,14,16-17,28,34H,1-2,5,7-8,12-13,15,18H2,(H,29,30). The molecule has 9 heteroatoms. The Balaban J connectivity index is 1.51. The molecule has 0 aliphatic heterocycles. The number of hydrogen-bond acceptors (Lipinski definition) is 5. The van der Waals surface area contributed by atoms with Gasteiger partial charge in [0.15, 0.2) is 0 Å². The van der Waals surface area contributed by atoms with Gasteiger partial charge >= 0.3 is 8.25 Å². The summed E-state index contributed by atoms with van der Waals surface area (Å²) >= 11 is 0. The van der Waals surface area contributed by atoms with Gasteiger partial charge in [-0.1, -0.05) is 18.2 Å². The molecule has 2 aromatic carbocycles. The second-order valence-corrected chi connectivity index (χ2v) is 8.63. The molecule has 34 heavy (non-hydrogen) atoms. The molecule has 0 radical (unpaired) electrons. The van der Waals surface area contributed by atoms with E-state index in [0.717, 1.165) is 19.3 Å². The summed E-state index contributed by atoms with van der Waals surface area (Å²) in [6.45, 7) is 1.37. The molecule has 6 nitrogen and oxygen atoms in total. The van der Waals surface area contributed by atoms with Crippen molar-refractivity contribution >= 4 is 8.25 Å². The van der Waals surface area contributed by atoms with E-state index in [9.17, 15) is 13.3 Å². The van der Waals surface area contributed by atoms with Gasteiger partial charge in [0.1, 0.15) is 23.1 Å². The summed E-state index contributed by atoms with van der Waals surface area (Å²) in [5.41, 5.74) is 1.84. The average molecular weight is 493 g/mol. The van der Waals surface area contributed by atoms with E-state index in [1.165, 1.54) is 12.1 Å². The number of ether oxygens (including phenoxy) is 1. The number of rotatable bonds is 15. The number of unbranched alkanes of at least 4 members (excludes halogenated alkanes) is 2. The predicted molar refractivity (Wildman–Crippen MR) is 127 cm³/mol. The molecule has 0 saturated heterocycles. The molecule has 3 rings (SSSR count). The molecule has 0 bridgehead atoms. The summed E-state index contributed by atoms with van der Waals surface area (Å²) in [6.07, 6.45) is 5.22. The third kappa shape index (κ3) is 8.37. The van der Waals surface area contributed by atoms with Gasteiger partial charge < -0.3 is 23.9 Å². The summed E-state index contributed by atoms with van der Waals surface area (Å²) < 4.78 is 55.0. The molecule has 0 aliphatic carbocycles. The molecule has 3 aromatic rings. The zero-order valence-electron chi connectivity index (χ0n) is 18.9. The Hall–Kier alpha value is -2.51. The van der Waals surface area contributed by atoms with Crippen LogP contribution in [0.1, 0.15) is 36.8 Å². The molecule has 2 N–H and O–H groups in total. The van der Waals surface area contributed by atoms with E-state index in [0.29, 0.717) is 54.2 Å². The first-order valence-electron chi connectivity index (χ1n) is 11.3. The number of nitrogens with one attached hydrogen (secondary N) is 1. The van der Waals surface area contributed by atoms with Crippen LogP contribution in [0.25, 0.3) is 11.3 Å². The second kappa shape index (κ2) is 14.0. The van der Waals surface area contributed by atoms with Gasteiger partial charge in [-0.15, -0.1) is 0 Å². The summed E-state index contributed by atoms with van der Waals surface area (Å²) in [4.78, 5) is 8.65. The van der Waals surface area contributed by atoms with Crippen LogP contribution in [0.5, 0.6) is 5.75 Å². The Morgan fingerprint density at radius 2 is 1.79 bits per heavy atom. The average Bonchev–Trinajstić information content (AvgIpc) is 3.35. The topological polar surface area (TPSA) is 80.9 Å². The lowest BCUT2D eigenvalue weighted by Crippen LogP contribution is -2.17. The van der Waals surface area contributed by atoms with Gasteiger partial charge in [0.05, 0.1) is 25.0 Å². The lowest BCUT2D eigenvalue weighted by atomic mass is 10.1. The van der Waals surface area contributed by atoms with E-state index < -0.39 is 14.1 Å². The monoisotopic (exact) mass is 493 g/mol. The maximum atomic E-state index is 14.7. The molecule has 0 saturated carbocycles. The molecule has 1 heterocycles. The third-order valence-corrected chi connectivity index (χ3v) is 5.73. The zero-order chi connectivity index (χ0) is 24.2. The Bertz CT molecular complexity index is 1050. The lowest BCUT2D eigenvalue weighted by molar-refractivity contribution is 0.276. The summed E-state index contributed by atoms with van der Waals surface area (Å²) in [5.74, 6) is 0.417. The van der Waals surface area contributed by atoms with Crippen LogP contribution in [0.2, 0.25) is 0 Å². The fourth-order valence-electron chi connectivity index (χ4n) is 3.54. The van der Waals surface area contributed by atoms with Crippen molar-refractivity contribution in [3.8, 4) is 17.1 Å². The molecule has 184 valence electrons. The Morgan fingerprint density at radius 1 is 0.941 bits per heavy atom. The van der Waals surface area contributed by atoms with Crippen LogP contribution in [-0.2, 0) is 22.1 Å². The minimum atomic E-state index is -2.92. The van der Waals surface area contributed by atoms with Crippen molar-refractivity contribution < 1.29 is 31.9 Å². The first kappa shape index (κ1) is 26.1. The van der Waals surface area contributed by atoms with Crippen LogP contribution in [-0.4, -0.2) is 24.7 Å². The highest BCUT2D eigenvalue weighted by Gasteiger charge is 2.15. The van der Waals surface area contributed by atoms with Crippen LogP contribution < -0.4 is 10.1 Å². The van der Waals surface area contributed by atoms with E-state index in [2.05, 4.69) is 9.84 Å².